The molecule has 4 nitrogen and oxygen atoms in total. The summed E-state index contributed by atoms with van der Waals surface area (Å²) in [7, 11) is 0. The lowest BCUT2D eigenvalue weighted by atomic mass is 10.1. The smallest absolute Gasteiger partial charge is 0.253 e. The lowest BCUT2D eigenvalue weighted by Crippen LogP contribution is -2.40. The Kier molecular flexibility index (Phi) is 4.58. The zero-order chi connectivity index (χ0) is 13.0. The molecule has 0 bridgehead atoms. The Morgan fingerprint density at radius 2 is 2.06 bits per heavy atom. The van der Waals surface area contributed by atoms with Crippen LogP contribution >= 0.6 is 15.9 Å². The molecular weight excluding hydrogens is 296 g/mol. The fourth-order valence-corrected chi connectivity index (χ4v) is 2.95. The van der Waals surface area contributed by atoms with Crippen LogP contribution in [-0.4, -0.2) is 21.8 Å². The maximum absolute atomic E-state index is 12.0. The van der Waals surface area contributed by atoms with Gasteiger partial charge in [0.05, 0.1) is 5.56 Å². The Morgan fingerprint density at radius 1 is 1.28 bits per heavy atom. The largest absolute Gasteiger partial charge is 0.348 e. The number of hydrogen-bond acceptors (Lipinski definition) is 2. The number of nitrogens with one attached hydrogen (secondary N) is 2. The SMILES string of the molecule is O=C(NC1CCCCCC1Br)c1ccc(=O)[nH]c1. The number of aromatic amines is 1. The molecule has 0 saturated heterocycles. The quantitative estimate of drug-likeness (QED) is 0.649. The molecule has 5 heteroatoms. The van der Waals surface area contributed by atoms with Gasteiger partial charge in [-0.3, -0.25) is 9.59 Å². The van der Waals surface area contributed by atoms with Gasteiger partial charge in [-0.15, -0.1) is 0 Å². The Hall–Kier alpha value is -1.10. The normalized spacial score (nSPS) is 24.3. The van der Waals surface area contributed by atoms with Gasteiger partial charge in [-0.2, -0.15) is 0 Å². The fourth-order valence-electron chi connectivity index (χ4n) is 2.23. The number of H-pyrrole nitrogens is 1. The van der Waals surface area contributed by atoms with Crippen LogP contribution in [0, 0.1) is 0 Å². The number of rotatable bonds is 2. The predicted molar refractivity (Wildman–Crippen MR) is 74.1 cm³/mol. The Balaban J connectivity index is 2.01. The highest BCUT2D eigenvalue weighted by atomic mass is 79.9. The molecule has 0 radical (unpaired) electrons. The molecule has 0 spiro atoms. The molecule has 1 saturated carbocycles. The number of alkyl halides is 1. The van der Waals surface area contributed by atoms with E-state index in [0.29, 0.717) is 10.4 Å². The summed E-state index contributed by atoms with van der Waals surface area (Å²) in [5.74, 6) is -0.123. The molecule has 1 aliphatic rings. The van der Waals surface area contributed by atoms with Gasteiger partial charge in [-0.1, -0.05) is 35.2 Å². The van der Waals surface area contributed by atoms with Gasteiger partial charge in [-0.25, -0.2) is 0 Å². The molecule has 1 aliphatic carbocycles. The minimum absolute atomic E-state index is 0.123. The summed E-state index contributed by atoms with van der Waals surface area (Å²) in [5.41, 5.74) is 0.304. The standard InChI is InChI=1S/C13H17BrN2O2/c14-10-4-2-1-3-5-11(10)16-13(18)9-6-7-12(17)15-8-9/h6-8,10-11H,1-5H2,(H,15,17)(H,16,18). The van der Waals surface area contributed by atoms with Crippen LogP contribution in [-0.2, 0) is 0 Å². The molecule has 2 N–H and O–H groups in total. The van der Waals surface area contributed by atoms with E-state index in [1.54, 1.807) is 6.07 Å². The molecule has 0 aromatic carbocycles. The van der Waals surface area contributed by atoms with Crippen molar-refractivity contribution in [1.29, 1.82) is 0 Å². The van der Waals surface area contributed by atoms with Crippen LogP contribution in [0.4, 0.5) is 0 Å². The first-order valence-corrected chi connectivity index (χ1v) is 7.22. The molecule has 2 unspecified atom stereocenters. The third-order valence-corrected chi connectivity index (χ3v) is 4.39. The molecule has 2 atom stereocenters. The Morgan fingerprint density at radius 3 is 2.78 bits per heavy atom. The van der Waals surface area contributed by atoms with E-state index in [0.717, 1.165) is 19.3 Å². The molecule has 2 rings (SSSR count). The van der Waals surface area contributed by atoms with Crippen LogP contribution < -0.4 is 10.9 Å². The maximum Gasteiger partial charge on any atom is 0.253 e. The van der Waals surface area contributed by atoms with Crippen LogP contribution in [0.1, 0.15) is 42.5 Å². The first kappa shape index (κ1) is 13.3. The number of carbonyl (C=O) groups excluding carboxylic acids is 1. The van der Waals surface area contributed by atoms with Crippen molar-refractivity contribution in [2.75, 3.05) is 0 Å². The van der Waals surface area contributed by atoms with E-state index >= 15 is 0 Å². The Labute approximate surface area is 114 Å². The molecule has 18 heavy (non-hydrogen) atoms. The second-order valence-corrected chi connectivity index (χ2v) is 5.85. The minimum atomic E-state index is -0.195. The summed E-state index contributed by atoms with van der Waals surface area (Å²) >= 11 is 3.64. The van der Waals surface area contributed by atoms with E-state index in [1.165, 1.54) is 25.1 Å². The second-order valence-electron chi connectivity index (χ2n) is 4.68. The van der Waals surface area contributed by atoms with E-state index in [9.17, 15) is 9.59 Å². The van der Waals surface area contributed by atoms with Crippen LogP contribution in [0.3, 0.4) is 0 Å². The van der Waals surface area contributed by atoms with Crippen LogP contribution in [0.5, 0.6) is 0 Å². The van der Waals surface area contributed by atoms with Crippen molar-refractivity contribution in [2.45, 2.75) is 43.0 Å². The average molecular weight is 313 g/mol. The van der Waals surface area contributed by atoms with Gasteiger partial charge in [0, 0.05) is 23.1 Å². The highest BCUT2D eigenvalue weighted by Gasteiger charge is 2.23. The molecule has 1 aromatic rings. The van der Waals surface area contributed by atoms with Gasteiger partial charge in [0.25, 0.3) is 5.91 Å². The number of carbonyl (C=O) groups is 1. The van der Waals surface area contributed by atoms with Gasteiger partial charge < -0.3 is 10.3 Å². The zero-order valence-corrected chi connectivity index (χ0v) is 11.7. The van der Waals surface area contributed by atoms with Crippen molar-refractivity contribution >= 4 is 21.8 Å². The van der Waals surface area contributed by atoms with E-state index in [-0.39, 0.29) is 17.5 Å². The van der Waals surface area contributed by atoms with Crippen molar-refractivity contribution in [1.82, 2.24) is 10.3 Å². The van der Waals surface area contributed by atoms with Crippen molar-refractivity contribution < 1.29 is 4.79 Å². The monoisotopic (exact) mass is 312 g/mol. The van der Waals surface area contributed by atoms with Crippen LogP contribution in [0.15, 0.2) is 23.1 Å². The fraction of sp³-hybridized carbons (Fsp3) is 0.538. The second kappa shape index (κ2) is 6.18. The van der Waals surface area contributed by atoms with Crippen LogP contribution in [0.25, 0.3) is 0 Å². The molecule has 1 aromatic heterocycles. The summed E-state index contributed by atoms with van der Waals surface area (Å²) in [6.45, 7) is 0. The number of hydrogen-bond donors (Lipinski definition) is 2. The van der Waals surface area contributed by atoms with Crippen molar-refractivity contribution in [3.63, 3.8) is 0 Å². The van der Waals surface area contributed by atoms with Gasteiger partial charge in [0.2, 0.25) is 5.56 Å². The average Bonchev–Trinajstić information content (AvgIpc) is 2.56. The topological polar surface area (TPSA) is 62.0 Å². The molecular formula is C13H17BrN2O2. The highest BCUT2D eigenvalue weighted by Crippen LogP contribution is 2.23. The summed E-state index contributed by atoms with van der Waals surface area (Å²) in [6.07, 6.45) is 7.14. The summed E-state index contributed by atoms with van der Waals surface area (Å²) in [6, 6.07) is 3.09. The molecule has 1 fully saturated rings. The molecule has 98 valence electrons. The van der Waals surface area contributed by atoms with E-state index in [1.807, 2.05) is 0 Å². The third kappa shape index (κ3) is 3.45. The van der Waals surface area contributed by atoms with E-state index in [2.05, 4.69) is 26.2 Å². The zero-order valence-electron chi connectivity index (χ0n) is 10.1. The van der Waals surface area contributed by atoms with Crippen molar-refractivity contribution in [3.8, 4) is 0 Å². The van der Waals surface area contributed by atoms with Gasteiger partial charge in [0.1, 0.15) is 0 Å². The summed E-state index contributed by atoms with van der Waals surface area (Å²) < 4.78 is 0. The van der Waals surface area contributed by atoms with Crippen LogP contribution in [0.2, 0.25) is 0 Å². The van der Waals surface area contributed by atoms with Crippen molar-refractivity contribution in [3.05, 3.63) is 34.2 Å². The van der Waals surface area contributed by atoms with Gasteiger partial charge in [0.15, 0.2) is 0 Å². The summed E-state index contributed by atoms with van der Waals surface area (Å²) in [4.78, 5) is 25.8. The highest BCUT2D eigenvalue weighted by molar-refractivity contribution is 9.09. The summed E-state index contributed by atoms with van der Waals surface area (Å²) in [5, 5.41) is 3.04. The number of amides is 1. The molecule has 1 heterocycles. The van der Waals surface area contributed by atoms with Gasteiger partial charge in [-0.05, 0) is 18.9 Å². The molecule has 0 aliphatic heterocycles. The maximum atomic E-state index is 12.0. The Bertz CT molecular complexity index is 452. The predicted octanol–water partition coefficient (Wildman–Crippen LogP) is 2.20. The van der Waals surface area contributed by atoms with Gasteiger partial charge >= 0.3 is 0 Å². The van der Waals surface area contributed by atoms with Crippen molar-refractivity contribution in [2.24, 2.45) is 0 Å². The first-order valence-electron chi connectivity index (χ1n) is 6.30. The minimum Gasteiger partial charge on any atom is -0.348 e. The lowest BCUT2D eigenvalue weighted by molar-refractivity contribution is 0.0934. The molecule has 1 amide bonds. The van der Waals surface area contributed by atoms with E-state index in [4.69, 9.17) is 0 Å². The lowest BCUT2D eigenvalue weighted by Gasteiger charge is -2.21. The first-order chi connectivity index (χ1) is 8.66. The third-order valence-electron chi connectivity index (χ3n) is 3.29. The number of pyridine rings is 1. The number of halogens is 1. The van der Waals surface area contributed by atoms with E-state index < -0.39 is 0 Å². The number of aromatic nitrogens is 1.